The predicted molar refractivity (Wildman–Crippen MR) is 94.2 cm³/mol. The molecule has 0 spiro atoms. The van der Waals surface area contributed by atoms with Gasteiger partial charge in [0.15, 0.2) is 0 Å². The molecule has 26 heavy (non-hydrogen) atoms. The molecule has 2 aromatic carbocycles. The van der Waals surface area contributed by atoms with Crippen molar-refractivity contribution < 1.29 is 9.72 Å². The minimum atomic E-state index is -0.462. The van der Waals surface area contributed by atoms with Gasteiger partial charge in [-0.2, -0.15) is 5.10 Å². The topological polar surface area (TPSA) is 103 Å². The van der Waals surface area contributed by atoms with Gasteiger partial charge in [0.05, 0.1) is 17.9 Å². The smallest absolute Gasteiger partial charge is 0.269 e. The van der Waals surface area contributed by atoms with E-state index in [-0.39, 0.29) is 18.0 Å². The third kappa shape index (κ3) is 4.50. The minimum absolute atomic E-state index is 0.0104. The number of hydrogen-bond acceptors (Lipinski definition) is 5. The van der Waals surface area contributed by atoms with Crippen LogP contribution in [0.4, 0.5) is 5.69 Å². The van der Waals surface area contributed by atoms with E-state index >= 15 is 0 Å². The summed E-state index contributed by atoms with van der Waals surface area (Å²) in [5, 5.41) is 17.6. The summed E-state index contributed by atoms with van der Waals surface area (Å²) >= 11 is 0. The molecular formula is C18H17N5O3. The van der Waals surface area contributed by atoms with Gasteiger partial charge in [0, 0.05) is 18.7 Å². The largest absolute Gasteiger partial charge is 0.352 e. The quantitative estimate of drug-likeness (QED) is 0.519. The first-order valence-corrected chi connectivity index (χ1v) is 8.01. The van der Waals surface area contributed by atoms with Gasteiger partial charge in [-0.1, -0.05) is 36.4 Å². The second-order valence-electron chi connectivity index (χ2n) is 5.74. The van der Waals surface area contributed by atoms with Crippen LogP contribution in [0.2, 0.25) is 0 Å². The van der Waals surface area contributed by atoms with Gasteiger partial charge in [-0.25, -0.2) is 9.67 Å². The Balaban J connectivity index is 1.58. The fourth-order valence-electron chi connectivity index (χ4n) is 2.55. The molecule has 1 N–H and O–H groups in total. The molecule has 3 rings (SSSR count). The van der Waals surface area contributed by atoms with Crippen LogP contribution in [0.15, 0.2) is 61.2 Å². The minimum Gasteiger partial charge on any atom is -0.352 e. The van der Waals surface area contributed by atoms with Gasteiger partial charge < -0.3 is 5.32 Å². The molecule has 0 saturated heterocycles. The summed E-state index contributed by atoms with van der Waals surface area (Å²) in [6.07, 6.45) is 3.29. The van der Waals surface area contributed by atoms with Crippen molar-refractivity contribution in [1.82, 2.24) is 20.1 Å². The molecule has 0 aliphatic heterocycles. The van der Waals surface area contributed by atoms with Crippen LogP contribution in [-0.4, -0.2) is 25.6 Å². The Labute approximate surface area is 149 Å². The average molecular weight is 351 g/mol. The van der Waals surface area contributed by atoms with E-state index in [1.807, 2.05) is 24.3 Å². The first-order chi connectivity index (χ1) is 12.6. The normalized spacial score (nSPS) is 10.5. The molecule has 0 aliphatic rings. The van der Waals surface area contributed by atoms with Gasteiger partial charge in [0.2, 0.25) is 5.91 Å². The van der Waals surface area contributed by atoms with E-state index in [1.165, 1.54) is 18.5 Å². The van der Waals surface area contributed by atoms with Gasteiger partial charge in [-0.15, -0.1) is 0 Å². The lowest BCUT2D eigenvalue weighted by Gasteiger charge is -2.11. The fraction of sp³-hybridized carbons (Fsp3) is 0.167. The van der Waals surface area contributed by atoms with Gasteiger partial charge >= 0.3 is 0 Å². The van der Waals surface area contributed by atoms with E-state index in [2.05, 4.69) is 15.4 Å². The Morgan fingerprint density at radius 3 is 2.50 bits per heavy atom. The molecule has 8 heteroatoms. The Morgan fingerprint density at radius 1 is 1.12 bits per heavy atom. The van der Waals surface area contributed by atoms with Crippen LogP contribution in [-0.2, 0) is 24.3 Å². The van der Waals surface area contributed by atoms with Crippen LogP contribution in [0.3, 0.4) is 0 Å². The van der Waals surface area contributed by atoms with Crippen LogP contribution in [0.1, 0.15) is 16.7 Å². The molecule has 8 nitrogen and oxygen atoms in total. The number of nitro groups is 1. The molecule has 0 aliphatic carbocycles. The fourth-order valence-corrected chi connectivity index (χ4v) is 2.55. The number of nitrogens with one attached hydrogen (secondary N) is 1. The SMILES string of the molecule is O=C(Cc1ccc([N+](=O)[O-])cc1)NCc1ccccc1Cn1cncn1. The molecule has 1 amide bonds. The number of carbonyl (C=O) groups excluding carboxylic acids is 1. The van der Waals surface area contributed by atoms with Crippen molar-refractivity contribution in [2.45, 2.75) is 19.5 Å². The van der Waals surface area contributed by atoms with E-state index < -0.39 is 4.92 Å². The summed E-state index contributed by atoms with van der Waals surface area (Å²) in [5.41, 5.74) is 2.79. The Kier molecular flexibility index (Phi) is 5.33. The highest BCUT2D eigenvalue weighted by molar-refractivity contribution is 5.78. The number of amides is 1. The molecule has 0 fully saturated rings. The first-order valence-electron chi connectivity index (χ1n) is 8.01. The maximum absolute atomic E-state index is 12.2. The summed E-state index contributed by atoms with van der Waals surface area (Å²) in [6.45, 7) is 0.977. The average Bonchev–Trinajstić information content (AvgIpc) is 3.14. The van der Waals surface area contributed by atoms with Crippen LogP contribution >= 0.6 is 0 Å². The van der Waals surface area contributed by atoms with Crippen molar-refractivity contribution in [3.8, 4) is 0 Å². The summed E-state index contributed by atoms with van der Waals surface area (Å²) in [7, 11) is 0. The van der Waals surface area contributed by atoms with E-state index in [0.717, 1.165) is 16.7 Å². The van der Waals surface area contributed by atoms with Gasteiger partial charge in [0.1, 0.15) is 12.7 Å². The lowest BCUT2D eigenvalue weighted by atomic mass is 10.1. The van der Waals surface area contributed by atoms with E-state index in [9.17, 15) is 14.9 Å². The first kappa shape index (κ1) is 17.3. The van der Waals surface area contributed by atoms with Crippen molar-refractivity contribution in [2.24, 2.45) is 0 Å². The van der Waals surface area contributed by atoms with Gasteiger partial charge in [-0.3, -0.25) is 14.9 Å². The summed E-state index contributed by atoms with van der Waals surface area (Å²) < 4.78 is 1.72. The van der Waals surface area contributed by atoms with Gasteiger partial charge in [-0.05, 0) is 16.7 Å². The predicted octanol–water partition coefficient (Wildman–Crippen LogP) is 2.09. The third-order valence-corrected chi connectivity index (χ3v) is 3.91. The van der Waals surface area contributed by atoms with Crippen molar-refractivity contribution in [2.75, 3.05) is 0 Å². The molecule has 132 valence electrons. The lowest BCUT2D eigenvalue weighted by molar-refractivity contribution is -0.384. The summed E-state index contributed by atoms with van der Waals surface area (Å²) in [6, 6.07) is 13.8. The molecular weight excluding hydrogens is 334 g/mol. The lowest BCUT2D eigenvalue weighted by Crippen LogP contribution is -2.25. The third-order valence-electron chi connectivity index (χ3n) is 3.91. The maximum atomic E-state index is 12.2. The second kappa shape index (κ2) is 8.02. The molecule has 0 unspecified atom stereocenters. The van der Waals surface area contributed by atoms with E-state index in [0.29, 0.717) is 13.1 Å². The zero-order valence-corrected chi connectivity index (χ0v) is 13.9. The molecule has 0 bridgehead atoms. The second-order valence-corrected chi connectivity index (χ2v) is 5.74. The number of nitro benzene ring substituents is 1. The number of benzene rings is 2. The van der Waals surface area contributed by atoms with Crippen LogP contribution in [0.5, 0.6) is 0 Å². The number of hydrogen-bond donors (Lipinski definition) is 1. The maximum Gasteiger partial charge on any atom is 0.269 e. The molecule has 0 radical (unpaired) electrons. The molecule has 3 aromatic rings. The number of rotatable bonds is 7. The molecule has 1 heterocycles. The standard InChI is InChI=1S/C18H17N5O3/c24-18(9-14-5-7-17(8-6-14)23(25)26)20-10-15-3-1-2-4-16(15)11-22-13-19-12-21-22/h1-8,12-13H,9-11H2,(H,20,24). The molecule has 0 saturated carbocycles. The van der Waals surface area contributed by atoms with Gasteiger partial charge in [0.25, 0.3) is 5.69 Å². The van der Waals surface area contributed by atoms with Crippen LogP contribution in [0.25, 0.3) is 0 Å². The number of non-ortho nitro benzene ring substituents is 1. The number of nitrogens with zero attached hydrogens (tertiary/aromatic N) is 4. The van der Waals surface area contributed by atoms with Crippen molar-refractivity contribution in [1.29, 1.82) is 0 Å². The Bertz CT molecular complexity index is 891. The summed E-state index contributed by atoms with van der Waals surface area (Å²) in [4.78, 5) is 26.3. The number of carbonyl (C=O) groups is 1. The highest BCUT2D eigenvalue weighted by Gasteiger charge is 2.09. The Hall–Kier alpha value is -3.55. The highest BCUT2D eigenvalue weighted by Crippen LogP contribution is 2.13. The van der Waals surface area contributed by atoms with Crippen molar-refractivity contribution in [3.63, 3.8) is 0 Å². The monoisotopic (exact) mass is 351 g/mol. The number of aromatic nitrogens is 3. The van der Waals surface area contributed by atoms with Crippen molar-refractivity contribution >= 4 is 11.6 Å². The van der Waals surface area contributed by atoms with E-state index in [4.69, 9.17) is 0 Å². The molecule has 1 aromatic heterocycles. The molecule has 0 atom stereocenters. The van der Waals surface area contributed by atoms with Crippen LogP contribution < -0.4 is 5.32 Å². The summed E-state index contributed by atoms with van der Waals surface area (Å²) in [5.74, 6) is -0.144. The van der Waals surface area contributed by atoms with Crippen molar-refractivity contribution in [3.05, 3.63) is 88.0 Å². The Morgan fingerprint density at radius 2 is 1.85 bits per heavy atom. The zero-order chi connectivity index (χ0) is 18.4. The zero-order valence-electron chi connectivity index (χ0n) is 13.9. The van der Waals surface area contributed by atoms with Crippen LogP contribution in [0, 0.1) is 10.1 Å². The highest BCUT2D eigenvalue weighted by atomic mass is 16.6. The van der Waals surface area contributed by atoms with E-state index in [1.54, 1.807) is 23.1 Å².